The molecule has 112 valence electrons. The third kappa shape index (κ3) is 3.71. The van der Waals surface area contributed by atoms with Crippen LogP contribution in [0.5, 0.6) is 5.75 Å². The molecule has 0 fully saturated rings. The molecule has 2 atom stereocenters. The van der Waals surface area contributed by atoms with Gasteiger partial charge in [0.25, 0.3) is 0 Å². The van der Waals surface area contributed by atoms with Crippen molar-refractivity contribution in [3.63, 3.8) is 0 Å². The number of nitrogens with one attached hydrogen (secondary N) is 1. The van der Waals surface area contributed by atoms with E-state index in [1.165, 1.54) is 0 Å². The van der Waals surface area contributed by atoms with Crippen LogP contribution in [0, 0.1) is 5.92 Å². The summed E-state index contributed by atoms with van der Waals surface area (Å²) in [5.74, 6) is -2.30. The van der Waals surface area contributed by atoms with Crippen molar-refractivity contribution in [3.8, 4) is 5.75 Å². The van der Waals surface area contributed by atoms with E-state index in [1.54, 1.807) is 0 Å². The van der Waals surface area contributed by atoms with Gasteiger partial charge in [0.15, 0.2) is 0 Å². The second-order valence-corrected chi connectivity index (χ2v) is 4.89. The summed E-state index contributed by atoms with van der Waals surface area (Å²) in [4.78, 5) is 33.9. The maximum Gasteiger partial charge on any atom is 0.326 e. The molecule has 21 heavy (non-hydrogen) atoms. The Bertz CT molecular complexity index is 572. The molecule has 1 heterocycles. The number of hydrogen-bond donors (Lipinski definition) is 3. The van der Waals surface area contributed by atoms with Crippen molar-refractivity contribution in [1.29, 1.82) is 0 Å². The van der Waals surface area contributed by atoms with Crippen molar-refractivity contribution < 1.29 is 24.2 Å². The van der Waals surface area contributed by atoms with E-state index in [4.69, 9.17) is 15.6 Å². The SMILES string of the molecule is NC(=O)C[C@@H](NC(=O)C1COc2ccccc2C1)C(=O)O. The summed E-state index contributed by atoms with van der Waals surface area (Å²) in [5.41, 5.74) is 5.86. The van der Waals surface area contributed by atoms with Gasteiger partial charge in [-0.2, -0.15) is 0 Å². The molecule has 7 nitrogen and oxygen atoms in total. The summed E-state index contributed by atoms with van der Waals surface area (Å²) in [7, 11) is 0. The molecule has 1 unspecified atom stereocenters. The van der Waals surface area contributed by atoms with Crippen molar-refractivity contribution in [2.75, 3.05) is 6.61 Å². The first-order valence-electron chi connectivity index (χ1n) is 6.49. The number of carboxylic acid groups (broad SMARTS) is 1. The number of ether oxygens (including phenoxy) is 1. The Labute approximate surface area is 121 Å². The number of carboxylic acids is 1. The highest BCUT2D eigenvalue weighted by atomic mass is 16.5. The molecule has 1 aliphatic heterocycles. The molecule has 1 aromatic carbocycles. The van der Waals surface area contributed by atoms with Gasteiger partial charge in [-0.1, -0.05) is 18.2 Å². The Morgan fingerprint density at radius 2 is 2.10 bits per heavy atom. The average molecular weight is 292 g/mol. The standard InChI is InChI=1S/C14H16N2O5/c15-12(17)6-10(14(19)20)16-13(18)9-5-8-3-1-2-4-11(8)21-7-9/h1-4,9-10H,5-7H2,(H2,15,17)(H,16,18)(H,19,20)/t9?,10-/m1/s1. The summed E-state index contributed by atoms with van der Waals surface area (Å²) in [6.45, 7) is 0.172. The monoisotopic (exact) mass is 292 g/mol. The van der Waals surface area contributed by atoms with Crippen LogP contribution in [0.15, 0.2) is 24.3 Å². The molecular weight excluding hydrogens is 276 g/mol. The quantitative estimate of drug-likeness (QED) is 0.687. The van der Waals surface area contributed by atoms with Crippen LogP contribution in [0.1, 0.15) is 12.0 Å². The second kappa shape index (κ2) is 6.25. The Hall–Kier alpha value is -2.57. The second-order valence-electron chi connectivity index (χ2n) is 4.89. The topological polar surface area (TPSA) is 119 Å². The molecule has 1 aromatic rings. The van der Waals surface area contributed by atoms with E-state index in [-0.39, 0.29) is 6.61 Å². The van der Waals surface area contributed by atoms with Crippen molar-refractivity contribution in [2.45, 2.75) is 18.9 Å². The first-order valence-corrected chi connectivity index (χ1v) is 6.49. The molecular formula is C14H16N2O5. The summed E-state index contributed by atoms with van der Waals surface area (Å²) < 4.78 is 5.48. The third-order valence-corrected chi connectivity index (χ3v) is 3.27. The van der Waals surface area contributed by atoms with E-state index < -0.39 is 36.2 Å². The molecule has 7 heteroatoms. The maximum atomic E-state index is 12.1. The Morgan fingerprint density at radius 1 is 1.38 bits per heavy atom. The number of benzene rings is 1. The largest absolute Gasteiger partial charge is 0.492 e. The van der Waals surface area contributed by atoms with Crippen LogP contribution in [0.2, 0.25) is 0 Å². The number of nitrogens with two attached hydrogens (primary N) is 1. The Morgan fingerprint density at radius 3 is 2.76 bits per heavy atom. The summed E-state index contributed by atoms with van der Waals surface area (Å²) in [5, 5.41) is 11.3. The van der Waals surface area contributed by atoms with Crippen molar-refractivity contribution in [2.24, 2.45) is 11.7 Å². The van der Waals surface area contributed by atoms with Gasteiger partial charge in [-0.3, -0.25) is 9.59 Å². The van der Waals surface area contributed by atoms with Gasteiger partial charge in [0.05, 0.1) is 12.3 Å². The highest BCUT2D eigenvalue weighted by Gasteiger charge is 2.29. The zero-order valence-corrected chi connectivity index (χ0v) is 11.2. The first kappa shape index (κ1) is 14.8. The smallest absolute Gasteiger partial charge is 0.326 e. The zero-order valence-electron chi connectivity index (χ0n) is 11.2. The summed E-state index contributed by atoms with van der Waals surface area (Å²) >= 11 is 0. The molecule has 1 aliphatic rings. The van der Waals surface area contributed by atoms with Crippen LogP contribution >= 0.6 is 0 Å². The van der Waals surface area contributed by atoms with Crippen molar-refractivity contribution in [3.05, 3.63) is 29.8 Å². The van der Waals surface area contributed by atoms with Crippen molar-refractivity contribution in [1.82, 2.24) is 5.32 Å². The number of primary amides is 1. The predicted octanol–water partition coefficient (Wildman–Crippen LogP) is -0.317. The van der Waals surface area contributed by atoms with Gasteiger partial charge in [-0.05, 0) is 18.1 Å². The molecule has 0 spiro atoms. The molecule has 2 rings (SSSR count). The third-order valence-electron chi connectivity index (χ3n) is 3.27. The van der Waals surface area contributed by atoms with Gasteiger partial charge in [-0.15, -0.1) is 0 Å². The molecule has 0 aromatic heterocycles. The van der Waals surface area contributed by atoms with Crippen LogP contribution in [-0.4, -0.2) is 35.5 Å². The lowest BCUT2D eigenvalue weighted by Gasteiger charge is -2.25. The fourth-order valence-corrected chi connectivity index (χ4v) is 2.19. The molecule has 2 amide bonds. The van der Waals surface area contributed by atoms with E-state index in [0.29, 0.717) is 6.42 Å². The highest BCUT2D eigenvalue weighted by molar-refractivity contribution is 5.89. The van der Waals surface area contributed by atoms with Crippen LogP contribution < -0.4 is 15.8 Å². The first-order chi connectivity index (χ1) is 9.97. The molecule has 4 N–H and O–H groups in total. The number of rotatable bonds is 5. The molecule has 0 saturated heterocycles. The lowest BCUT2D eigenvalue weighted by molar-refractivity contribution is -0.144. The van der Waals surface area contributed by atoms with Gasteiger partial charge in [0, 0.05) is 0 Å². The predicted molar refractivity (Wildman–Crippen MR) is 72.5 cm³/mol. The van der Waals surface area contributed by atoms with Gasteiger partial charge < -0.3 is 20.9 Å². The number of carbonyl (C=O) groups is 3. The number of hydrogen-bond acceptors (Lipinski definition) is 4. The van der Waals surface area contributed by atoms with E-state index in [2.05, 4.69) is 5.32 Å². The number of carbonyl (C=O) groups excluding carboxylic acids is 2. The average Bonchev–Trinajstić information content (AvgIpc) is 2.45. The normalized spacial score (nSPS) is 18.0. The lowest BCUT2D eigenvalue weighted by atomic mass is 9.95. The molecule has 0 saturated carbocycles. The summed E-state index contributed by atoms with van der Waals surface area (Å²) in [6.07, 6.45) is 0.0240. The van der Waals surface area contributed by atoms with Crippen LogP contribution in [-0.2, 0) is 20.8 Å². The van der Waals surface area contributed by atoms with Gasteiger partial charge in [0.2, 0.25) is 11.8 Å². The van der Waals surface area contributed by atoms with E-state index in [1.807, 2.05) is 24.3 Å². The zero-order chi connectivity index (χ0) is 15.4. The van der Waals surface area contributed by atoms with Gasteiger partial charge in [-0.25, -0.2) is 4.79 Å². The van der Waals surface area contributed by atoms with Crippen LogP contribution in [0.25, 0.3) is 0 Å². The number of para-hydroxylation sites is 1. The molecule has 0 aliphatic carbocycles. The van der Waals surface area contributed by atoms with Crippen molar-refractivity contribution >= 4 is 17.8 Å². The molecule has 0 bridgehead atoms. The van der Waals surface area contributed by atoms with Crippen LogP contribution in [0.3, 0.4) is 0 Å². The van der Waals surface area contributed by atoms with E-state index >= 15 is 0 Å². The van der Waals surface area contributed by atoms with Crippen LogP contribution in [0.4, 0.5) is 0 Å². The Balaban J connectivity index is 2.01. The maximum absolute atomic E-state index is 12.1. The Kier molecular flexibility index (Phi) is 4.42. The minimum Gasteiger partial charge on any atom is -0.492 e. The fraction of sp³-hybridized carbons (Fsp3) is 0.357. The minimum atomic E-state index is -1.31. The van der Waals surface area contributed by atoms with E-state index in [0.717, 1.165) is 11.3 Å². The fourth-order valence-electron chi connectivity index (χ4n) is 2.19. The summed E-state index contributed by atoms with van der Waals surface area (Å²) in [6, 6.07) is 6.04. The highest BCUT2D eigenvalue weighted by Crippen LogP contribution is 2.26. The molecule has 0 radical (unpaired) electrons. The number of aliphatic carboxylic acids is 1. The van der Waals surface area contributed by atoms with E-state index in [9.17, 15) is 14.4 Å². The lowest BCUT2D eigenvalue weighted by Crippen LogP contribution is -2.47. The van der Waals surface area contributed by atoms with Gasteiger partial charge in [0.1, 0.15) is 18.4 Å². The number of fused-ring (bicyclic) bond motifs is 1. The minimum absolute atomic E-state index is 0.172. The number of amides is 2. The van der Waals surface area contributed by atoms with Gasteiger partial charge >= 0.3 is 5.97 Å².